The SMILES string of the molecule is O=C(Cc1cccc2occc12)N(O)[C@H](CN1CCCC1)c1ccccc1. The third-order valence-corrected chi connectivity index (χ3v) is 5.29. The molecule has 1 fully saturated rings. The van der Waals surface area contributed by atoms with Crippen LogP contribution in [0, 0.1) is 0 Å². The number of fused-ring (bicyclic) bond motifs is 1. The van der Waals surface area contributed by atoms with Gasteiger partial charge in [-0.25, -0.2) is 5.06 Å². The van der Waals surface area contributed by atoms with Crippen LogP contribution in [0.4, 0.5) is 0 Å². The van der Waals surface area contributed by atoms with Gasteiger partial charge in [-0.1, -0.05) is 42.5 Å². The maximum Gasteiger partial charge on any atom is 0.250 e. The van der Waals surface area contributed by atoms with E-state index in [4.69, 9.17) is 4.42 Å². The van der Waals surface area contributed by atoms with Gasteiger partial charge in [-0.15, -0.1) is 0 Å². The molecule has 2 aromatic carbocycles. The second-order valence-electron chi connectivity index (χ2n) is 7.10. The van der Waals surface area contributed by atoms with E-state index >= 15 is 0 Å². The van der Waals surface area contributed by atoms with Crippen LogP contribution in [0.15, 0.2) is 65.3 Å². The Morgan fingerprint density at radius 3 is 2.63 bits per heavy atom. The average molecular weight is 364 g/mol. The molecule has 2 heterocycles. The van der Waals surface area contributed by atoms with Crippen molar-refractivity contribution in [3.8, 4) is 0 Å². The van der Waals surface area contributed by atoms with Gasteiger partial charge in [0.25, 0.3) is 5.91 Å². The van der Waals surface area contributed by atoms with Crippen molar-refractivity contribution in [1.82, 2.24) is 9.96 Å². The summed E-state index contributed by atoms with van der Waals surface area (Å²) >= 11 is 0. The molecule has 0 radical (unpaired) electrons. The monoisotopic (exact) mass is 364 g/mol. The summed E-state index contributed by atoms with van der Waals surface area (Å²) in [5.41, 5.74) is 2.56. The molecule has 3 aromatic rings. The molecule has 0 bridgehead atoms. The smallest absolute Gasteiger partial charge is 0.250 e. The van der Waals surface area contributed by atoms with Gasteiger partial charge in [0.1, 0.15) is 5.58 Å². The van der Waals surface area contributed by atoms with Gasteiger partial charge in [0.2, 0.25) is 0 Å². The molecule has 1 saturated heterocycles. The normalized spacial score (nSPS) is 15.9. The number of furan rings is 1. The Labute approximate surface area is 158 Å². The predicted molar refractivity (Wildman–Crippen MR) is 103 cm³/mol. The van der Waals surface area contributed by atoms with Crippen LogP contribution in [0.3, 0.4) is 0 Å². The minimum atomic E-state index is -0.375. The lowest BCUT2D eigenvalue weighted by Gasteiger charge is -2.30. The number of hydrogen-bond acceptors (Lipinski definition) is 4. The van der Waals surface area contributed by atoms with Crippen LogP contribution in [0.1, 0.15) is 30.0 Å². The summed E-state index contributed by atoms with van der Waals surface area (Å²) in [6.45, 7) is 2.67. The Morgan fingerprint density at radius 1 is 1.07 bits per heavy atom. The van der Waals surface area contributed by atoms with E-state index in [2.05, 4.69) is 4.90 Å². The summed E-state index contributed by atoms with van der Waals surface area (Å²) in [5.74, 6) is -0.309. The van der Waals surface area contributed by atoms with Crippen molar-refractivity contribution in [3.05, 3.63) is 72.0 Å². The molecule has 27 heavy (non-hydrogen) atoms. The number of hydroxylamine groups is 2. The highest BCUT2D eigenvalue weighted by molar-refractivity contribution is 5.87. The lowest BCUT2D eigenvalue weighted by Crippen LogP contribution is -2.39. The molecule has 5 nitrogen and oxygen atoms in total. The van der Waals surface area contributed by atoms with Gasteiger partial charge >= 0.3 is 0 Å². The fraction of sp³-hybridized carbons (Fsp3) is 0.318. The average Bonchev–Trinajstić information content (AvgIpc) is 3.38. The minimum absolute atomic E-state index is 0.136. The van der Waals surface area contributed by atoms with Gasteiger partial charge in [0, 0.05) is 11.9 Å². The van der Waals surface area contributed by atoms with E-state index in [1.54, 1.807) is 6.26 Å². The van der Waals surface area contributed by atoms with Gasteiger partial charge < -0.3 is 9.32 Å². The highest BCUT2D eigenvalue weighted by Gasteiger charge is 2.27. The Morgan fingerprint density at radius 2 is 1.85 bits per heavy atom. The molecule has 0 spiro atoms. The zero-order chi connectivity index (χ0) is 18.6. The number of carbonyl (C=O) groups is 1. The first-order valence-electron chi connectivity index (χ1n) is 9.46. The molecule has 4 rings (SSSR count). The third-order valence-electron chi connectivity index (χ3n) is 5.29. The fourth-order valence-electron chi connectivity index (χ4n) is 3.84. The summed E-state index contributed by atoms with van der Waals surface area (Å²) in [7, 11) is 0. The molecule has 0 unspecified atom stereocenters. The van der Waals surface area contributed by atoms with Crippen molar-refractivity contribution in [1.29, 1.82) is 0 Å². The van der Waals surface area contributed by atoms with Gasteiger partial charge in [0.15, 0.2) is 0 Å². The summed E-state index contributed by atoms with van der Waals surface area (Å²) in [6.07, 6.45) is 4.10. The quantitative estimate of drug-likeness (QED) is 0.530. The zero-order valence-electron chi connectivity index (χ0n) is 15.3. The summed E-state index contributed by atoms with van der Waals surface area (Å²) < 4.78 is 5.41. The van der Waals surface area contributed by atoms with E-state index in [0.717, 1.165) is 40.2 Å². The van der Waals surface area contributed by atoms with Crippen LogP contribution in [-0.2, 0) is 11.2 Å². The van der Waals surface area contributed by atoms with Gasteiger partial charge in [-0.05, 0) is 49.2 Å². The number of nitrogens with zero attached hydrogens (tertiary/aromatic N) is 2. The Hall–Kier alpha value is -2.63. The van der Waals surface area contributed by atoms with Crippen LogP contribution >= 0.6 is 0 Å². The molecule has 0 saturated carbocycles. The van der Waals surface area contributed by atoms with Crippen molar-refractivity contribution in [3.63, 3.8) is 0 Å². The Kier molecular flexibility index (Phi) is 5.23. The second kappa shape index (κ2) is 7.94. The lowest BCUT2D eigenvalue weighted by atomic mass is 10.0. The van der Waals surface area contributed by atoms with E-state index in [9.17, 15) is 10.0 Å². The highest BCUT2D eigenvalue weighted by Crippen LogP contribution is 2.25. The molecule has 1 amide bonds. The molecule has 1 aromatic heterocycles. The zero-order valence-corrected chi connectivity index (χ0v) is 15.3. The summed E-state index contributed by atoms with van der Waals surface area (Å²) in [5, 5.41) is 12.6. The standard InChI is InChI=1S/C22H24N2O3/c25-22(15-18-9-6-10-21-19(18)11-14-27-21)24(26)20(16-23-12-4-5-13-23)17-7-2-1-3-8-17/h1-3,6-11,14,20,26H,4-5,12-13,15-16H2/t20-/m1/s1. The van der Waals surface area contributed by atoms with Crippen LogP contribution in [0.2, 0.25) is 0 Å². The first-order chi connectivity index (χ1) is 13.2. The molecule has 1 aliphatic rings. The number of benzene rings is 2. The number of rotatable bonds is 6. The topological polar surface area (TPSA) is 56.9 Å². The van der Waals surface area contributed by atoms with Crippen molar-refractivity contribution < 1.29 is 14.4 Å². The molecule has 140 valence electrons. The highest BCUT2D eigenvalue weighted by atomic mass is 16.5. The number of hydrogen-bond donors (Lipinski definition) is 1. The molecule has 1 atom stereocenters. The lowest BCUT2D eigenvalue weighted by molar-refractivity contribution is -0.177. The molecule has 5 heteroatoms. The van der Waals surface area contributed by atoms with E-state index in [0.29, 0.717) is 6.54 Å². The number of carbonyl (C=O) groups excluding carboxylic acids is 1. The first kappa shape index (κ1) is 17.8. The fourth-order valence-corrected chi connectivity index (χ4v) is 3.84. The molecular weight excluding hydrogens is 340 g/mol. The number of amides is 1. The molecule has 1 aliphatic heterocycles. The Balaban J connectivity index is 1.55. The summed E-state index contributed by atoms with van der Waals surface area (Å²) in [4.78, 5) is 15.2. The molecule has 1 N–H and O–H groups in total. The van der Waals surface area contributed by atoms with Gasteiger partial charge in [0.05, 0.1) is 18.7 Å². The second-order valence-corrected chi connectivity index (χ2v) is 7.10. The maximum atomic E-state index is 12.9. The van der Waals surface area contributed by atoms with Crippen LogP contribution in [-0.4, -0.2) is 40.7 Å². The summed E-state index contributed by atoms with van der Waals surface area (Å²) in [6, 6.07) is 16.9. The van der Waals surface area contributed by atoms with Crippen LogP contribution in [0.25, 0.3) is 11.0 Å². The molecular formula is C22H24N2O3. The number of likely N-dealkylation sites (tertiary alicyclic amines) is 1. The van der Waals surface area contributed by atoms with Gasteiger partial charge in [-0.2, -0.15) is 0 Å². The third kappa shape index (κ3) is 3.89. The first-order valence-corrected chi connectivity index (χ1v) is 9.46. The largest absolute Gasteiger partial charge is 0.464 e. The van der Waals surface area contributed by atoms with Crippen molar-refractivity contribution in [2.24, 2.45) is 0 Å². The van der Waals surface area contributed by atoms with Crippen LogP contribution in [0.5, 0.6) is 0 Å². The Bertz CT molecular complexity index is 900. The van der Waals surface area contributed by atoms with Crippen LogP contribution < -0.4 is 0 Å². The minimum Gasteiger partial charge on any atom is -0.464 e. The van der Waals surface area contributed by atoms with E-state index in [-0.39, 0.29) is 18.4 Å². The van der Waals surface area contributed by atoms with Gasteiger partial charge in [-0.3, -0.25) is 10.0 Å². The van der Waals surface area contributed by atoms with Crippen molar-refractivity contribution in [2.75, 3.05) is 19.6 Å². The predicted octanol–water partition coefficient (Wildman–Crippen LogP) is 4.03. The maximum absolute atomic E-state index is 12.9. The van der Waals surface area contributed by atoms with E-state index < -0.39 is 0 Å². The van der Waals surface area contributed by atoms with Crippen molar-refractivity contribution >= 4 is 16.9 Å². The van der Waals surface area contributed by atoms with E-state index in [1.807, 2.05) is 54.6 Å². The van der Waals surface area contributed by atoms with E-state index in [1.165, 1.54) is 12.8 Å². The molecule has 0 aliphatic carbocycles. The van der Waals surface area contributed by atoms with Crippen molar-refractivity contribution in [2.45, 2.75) is 25.3 Å².